The van der Waals surface area contributed by atoms with Gasteiger partial charge in [0.15, 0.2) is 0 Å². The van der Waals surface area contributed by atoms with Crippen LogP contribution in [0.4, 0.5) is 8.78 Å². The Morgan fingerprint density at radius 3 is 2.54 bits per heavy atom. The summed E-state index contributed by atoms with van der Waals surface area (Å²) < 4.78 is 29.1. The van der Waals surface area contributed by atoms with Gasteiger partial charge in [0, 0.05) is 30.8 Å². The Bertz CT molecular complexity index is 1060. The normalized spacial score (nSPS) is 16.2. The maximum Gasteiger partial charge on any atom is 0.255 e. The third-order valence-corrected chi connectivity index (χ3v) is 5.47. The molecule has 0 saturated carbocycles. The highest BCUT2D eigenvalue weighted by molar-refractivity contribution is 6.33. The molecule has 144 valence electrons. The molecule has 0 fully saturated rings. The van der Waals surface area contributed by atoms with Gasteiger partial charge < -0.3 is 4.90 Å². The lowest BCUT2D eigenvalue weighted by Gasteiger charge is -2.33. The number of rotatable bonds is 2. The molecule has 0 N–H and O–H groups in total. The van der Waals surface area contributed by atoms with E-state index in [1.54, 1.807) is 40.9 Å². The first-order valence-electron chi connectivity index (χ1n) is 8.94. The standard InChI is InChI=1S/C21H18ClF2N3O/c1-12-19-17(7-8-27(12)21(28)16-5-3-4-6-18(16)22)20(26(2)25-19)13-9-14(23)11-15(24)10-13/h3-6,9-12H,7-8H2,1-2H3/t12-/m0/s1. The first-order chi connectivity index (χ1) is 13.4. The van der Waals surface area contributed by atoms with Gasteiger partial charge in [-0.05, 0) is 37.6 Å². The average Bonchev–Trinajstić information content (AvgIpc) is 2.98. The van der Waals surface area contributed by atoms with E-state index >= 15 is 0 Å². The van der Waals surface area contributed by atoms with Crippen molar-refractivity contribution < 1.29 is 13.6 Å². The van der Waals surface area contributed by atoms with Crippen LogP contribution in [0.5, 0.6) is 0 Å². The minimum Gasteiger partial charge on any atom is -0.330 e. The van der Waals surface area contributed by atoms with E-state index in [9.17, 15) is 13.6 Å². The summed E-state index contributed by atoms with van der Waals surface area (Å²) in [7, 11) is 1.74. The van der Waals surface area contributed by atoms with Gasteiger partial charge in [0.25, 0.3) is 5.91 Å². The van der Waals surface area contributed by atoms with Crippen molar-refractivity contribution in [1.82, 2.24) is 14.7 Å². The predicted molar refractivity (Wildman–Crippen MR) is 103 cm³/mol. The molecule has 1 atom stereocenters. The molecule has 4 rings (SSSR count). The monoisotopic (exact) mass is 401 g/mol. The lowest BCUT2D eigenvalue weighted by atomic mass is 9.95. The smallest absolute Gasteiger partial charge is 0.255 e. The molecule has 28 heavy (non-hydrogen) atoms. The van der Waals surface area contributed by atoms with E-state index < -0.39 is 11.6 Å². The zero-order valence-corrected chi connectivity index (χ0v) is 16.2. The Hall–Kier alpha value is -2.73. The Kier molecular flexibility index (Phi) is 4.67. The topological polar surface area (TPSA) is 38.1 Å². The number of aryl methyl sites for hydroxylation is 1. The van der Waals surface area contributed by atoms with Crippen LogP contribution in [0.1, 0.15) is 34.6 Å². The lowest BCUT2D eigenvalue weighted by molar-refractivity contribution is 0.0674. The lowest BCUT2D eigenvalue weighted by Crippen LogP contribution is -2.39. The molecule has 0 unspecified atom stereocenters. The molecule has 0 aliphatic carbocycles. The number of halogens is 3. The maximum atomic E-state index is 13.7. The molecule has 2 heterocycles. The average molecular weight is 402 g/mol. The van der Waals surface area contributed by atoms with Gasteiger partial charge >= 0.3 is 0 Å². The number of nitrogens with zero attached hydrogens (tertiary/aromatic N) is 3. The van der Waals surface area contributed by atoms with Crippen LogP contribution in [0.25, 0.3) is 11.3 Å². The highest BCUT2D eigenvalue weighted by Crippen LogP contribution is 2.36. The fourth-order valence-corrected chi connectivity index (χ4v) is 4.08. The highest BCUT2D eigenvalue weighted by Gasteiger charge is 2.33. The molecule has 0 spiro atoms. The molecule has 1 aromatic heterocycles. The molecular formula is C21H18ClF2N3O. The van der Waals surface area contributed by atoms with E-state index in [1.165, 1.54) is 12.1 Å². The molecule has 2 aromatic carbocycles. The molecule has 0 saturated heterocycles. The number of carbonyl (C=O) groups excluding carboxylic acids is 1. The van der Waals surface area contributed by atoms with Gasteiger partial charge in [0.1, 0.15) is 11.6 Å². The summed E-state index contributed by atoms with van der Waals surface area (Å²) in [6.07, 6.45) is 0.539. The summed E-state index contributed by atoms with van der Waals surface area (Å²) in [6.45, 7) is 2.37. The van der Waals surface area contributed by atoms with E-state index in [-0.39, 0.29) is 11.9 Å². The first-order valence-corrected chi connectivity index (χ1v) is 9.32. The summed E-state index contributed by atoms with van der Waals surface area (Å²) in [5.41, 5.74) is 3.19. The van der Waals surface area contributed by atoms with Crippen LogP contribution in [-0.4, -0.2) is 27.1 Å². The van der Waals surface area contributed by atoms with Crippen LogP contribution >= 0.6 is 11.6 Å². The fraction of sp³-hybridized carbons (Fsp3) is 0.238. The summed E-state index contributed by atoms with van der Waals surface area (Å²) in [5, 5.41) is 4.97. The molecule has 0 bridgehead atoms. The fourth-order valence-electron chi connectivity index (χ4n) is 3.86. The summed E-state index contributed by atoms with van der Waals surface area (Å²) in [6, 6.07) is 10.1. The third kappa shape index (κ3) is 3.07. The van der Waals surface area contributed by atoms with Crippen LogP contribution in [0.2, 0.25) is 5.02 Å². The second-order valence-electron chi connectivity index (χ2n) is 6.90. The number of carbonyl (C=O) groups is 1. The van der Waals surface area contributed by atoms with Crippen molar-refractivity contribution >= 4 is 17.5 Å². The Morgan fingerprint density at radius 1 is 1.18 bits per heavy atom. The number of amides is 1. The predicted octanol–water partition coefficient (Wildman–Crippen LogP) is 4.78. The molecule has 1 aliphatic heterocycles. The van der Waals surface area contributed by atoms with Gasteiger partial charge in [0.05, 0.1) is 28.0 Å². The summed E-state index contributed by atoms with van der Waals surface area (Å²) in [4.78, 5) is 14.7. The molecular weight excluding hydrogens is 384 g/mol. The van der Waals surface area contributed by atoms with Crippen molar-refractivity contribution in [2.24, 2.45) is 7.05 Å². The Labute approximate surface area is 166 Å². The third-order valence-electron chi connectivity index (χ3n) is 5.14. The first kappa shape index (κ1) is 18.6. The van der Waals surface area contributed by atoms with E-state index in [0.717, 1.165) is 17.3 Å². The van der Waals surface area contributed by atoms with Crippen molar-refractivity contribution in [1.29, 1.82) is 0 Å². The second-order valence-corrected chi connectivity index (χ2v) is 7.31. The number of aromatic nitrogens is 2. The van der Waals surface area contributed by atoms with Gasteiger partial charge in [-0.2, -0.15) is 5.10 Å². The minimum atomic E-state index is -0.635. The van der Waals surface area contributed by atoms with E-state index in [0.29, 0.717) is 34.8 Å². The van der Waals surface area contributed by atoms with Crippen molar-refractivity contribution in [2.45, 2.75) is 19.4 Å². The number of hydrogen-bond acceptors (Lipinski definition) is 2. The maximum absolute atomic E-state index is 13.7. The van der Waals surface area contributed by atoms with E-state index in [2.05, 4.69) is 5.10 Å². The molecule has 1 aliphatic rings. The number of hydrogen-bond donors (Lipinski definition) is 0. The van der Waals surface area contributed by atoms with E-state index in [4.69, 9.17) is 11.6 Å². The summed E-state index contributed by atoms with van der Waals surface area (Å²) >= 11 is 6.19. The van der Waals surface area contributed by atoms with Crippen LogP contribution in [-0.2, 0) is 13.5 Å². The molecule has 3 aromatic rings. The van der Waals surface area contributed by atoms with Gasteiger partial charge in [-0.3, -0.25) is 9.48 Å². The summed E-state index contributed by atoms with van der Waals surface area (Å²) in [5.74, 6) is -1.43. The van der Waals surface area contributed by atoms with Crippen molar-refractivity contribution in [2.75, 3.05) is 6.54 Å². The van der Waals surface area contributed by atoms with Crippen molar-refractivity contribution in [3.05, 3.63) is 75.9 Å². The van der Waals surface area contributed by atoms with Crippen molar-refractivity contribution in [3.8, 4) is 11.3 Å². The zero-order chi connectivity index (χ0) is 20.0. The van der Waals surface area contributed by atoms with Gasteiger partial charge in [0.2, 0.25) is 0 Å². The Morgan fingerprint density at radius 2 is 1.86 bits per heavy atom. The van der Waals surface area contributed by atoms with Gasteiger partial charge in [-0.1, -0.05) is 23.7 Å². The molecule has 0 radical (unpaired) electrons. The zero-order valence-electron chi connectivity index (χ0n) is 15.4. The van der Waals surface area contributed by atoms with Crippen molar-refractivity contribution in [3.63, 3.8) is 0 Å². The minimum absolute atomic E-state index is 0.159. The van der Waals surface area contributed by atoms with Crippen LogP contribution in [0.3, 0.4) is 0 Å². The highest BCUT2D eigenvalue weighted by atomic mass is 35.5. The SMILES string of the molecule is C[C@H]1c2nn(C)c(-c3cc(F)cc(F)c3)c2CCN1C(=O)c1ccccc1Cl. The molecule has 1 amide bonds. The number of fused-ring (bicyclic) bond motifs is 1. The molecule has 7 heteroatoms. The van der Waals surface area contributed by atoms with Crippen LogP contribution < -0.4 is 0 Å². The van der Waals surface area contributed by atoms with E-state index in [1.807, 2.05) is 6.92 Å². The van der Waals surface area contributed by atoms with Crippen LogP contribution in [0, 0.1) is 11.6 Å². The van der Waals surface area contributed by atoms with Gasteiger partial charge in [-0.15, -0.1) is 0 Å². The second kappa shape index (κ2) is 7.02. The largest absolute Gasteiger partial charge is 0.330 e. The number of benzene rings is 2. The molecule has 4 nitrogen and oxygen atoms in total. The van der Waals surface area contributed by atoms with Crippen LogP contribution in [0.15, 0.2) is 42.5 Å². The quantitative estimate of drug-likeness (QED) is 0.620. The Balaban J connectivity index is 1.73. The van der Waals surface area contributed by atoms with Gasteiger partial charge in [-0.25, -0.2) is 8.78 Å².